The largest absolute Gasteiger partial charge is 0.444 e. The predicted octanol–water partition coefficient (Wildman–Crippen LogP) is 0.289. The third-order valence-electron chi connectivity index (χ3n) is 2.79. The van der Waals surface area contributed by atoms with Gasteiger partial charge in [0, 0.05) is 26.2 Å². The highest BCUT2D eigenvalue weighted by Crippen LogP contribution is 2.11. The SMILES string of the molecule is C#CCNCC(=O)N1CCN(C(=O)OC(C)(C)C)CC1. The zero-order chi connectivity index (χ0) is 15.2. The van der Waals surface area contributed by atoms with Crippen LogP contribution in [0, 0.1) is 12.3 Å². The summed E-state index contributed by atoms with van der Waals surface area (Å²) in [5.74, 6) is 2.42. The molecule has 20 heavy (non-hydrogen) atoms. The van der Waals surface area contributed by atoms with E-state index in [0.29, 0.717) is 32.7 Å². The molecule has 0 aromatic carbocycles. The van der Waals surface area contributed by atoms with Crippen molar-refractivity contribution < 1.29 is 14.3 Å². The summed E-state index contributed by atoms with van der Waals surface area (Å²) in [5.41, 5.74) is -0.497. The van der Waals surface area contributed by atoms with E-state index in [1.165, 1.54) is 0 Å². The lowest BCUT2D eigenvalue weighted by atomic mass is 10.2. The number of piperazine rings is 1. The second kappa shape index (κ2) is 7.15. The van der Waals surface area contributed by atoms with Gasteiger partial charge < -0.3 is 14.5 Å². The Bertz CT molecular complexity index is 387. The lowest BCUT2D eigenvalue weighted by Crippen LogP contribution is -2.53. The second-order valence-electron chi connectivity index (χ2n) is 5.66. The van der Waals surface area contributed by atoms with E-state index in [9.17, 15) is 9.59 Å². The van der Waals surface area contributed by atoms with Crippen molar-refractivity contribution in [3.63, 3.8) is 0 Å². The van der Waals surface area contributed by atoms with Gasteiger partial charge in [0.05, 0.1) is 13.1 Å². The summed E-state index contributed by atoms with van der Waals surface area (Å²) in [6, 6.07) is 0. The van der Waals surface area contributed by atoms with E-state index in [2.05, 4.69) is 11.2 Å². The van der Waals surface area contributed by atoms with Crippen molar-refractivity contribution in [1.82, 2.24) is 15.1 Å². The Morgan fingerprint density at radius 3 is 2.25 bits per heavy atom. The van der Waals surface area contributed by atoms with Crippen LogP contribution in [0.5, 0.6) is 0 Å². The Morgan fingerprint density at radius 1 is 1.20 bits per heavy atom. The third kappa shape index (κ3) is 5.49. The Morgan fingerprint density at radius 2 is 1.75 bits per heavy atom. The molecule has 1 rings (SSSR count). The van der Waals surface area contributed by atoms with Gasteiger partial charge in [-0.3, -0.25) is 10.1 Å². The first-order chi connectivity index (χ1) is 9.33. The Hall–Kier alpha value is -1.74. The van der Waals surface area contributed by atoms with Crippen LogP contribution in [0.1, 0.15) is 20.8 Å². The molecule has 1 N–H and O–H groups in total. The first-order valence-electron chi connectivity index (χ1n) is 6.73. The van der Waals surface area contributed by atoms with E-state index in [-0.39, 0.29) is 18.5 Å². The van der Waals surface area contributed by atoms with Crippen molar-refractivity contribution in [2.45, 2.75) is 26.4 Å². The number of rotatable bonds is 3. The van der Waals surface area contributed by atoms with E-state index < -0.39 is 5.60 Å². The van der Waals surface area contributed by atoms with Crippen LogP contribution in [0.15, 0.2) is 0 Å². The number of amides is 2. The van der Waals surface area contributed by atoms with Gasteiger partial charge in [0.25, 0.3) is 0 Å². The summed E-state index contributed by atoms with van der Waals surface area (Å²) in [5, 5.41) is 2.86. The maximum atomic E-state index is 11.9. The van der Waals surface area contributed by atoms with Crippen LogP contribution in [0.3, 0.4) is 0 Å². The molecule has 0 radical (unpaired) electrons. The summed E-state index contributed by atoms with van der Waals surface area (Å²) in [4.78, 5) is 27.1. The second-order valence-corrected chi connectivity index (χ2v) is 5.66. The molecule has 0 saturated carbocycles. The number of nitrogens with one attached hydrogen (secondary N) is 1. The molecule has 0 aromatic rings. The topological polar surface area (TPSA) is 61.9 Å². The zero-order valence-electron chi connectivity index (χ0n) is 12.4. The van der Waals surface area contributed by atoms with Crippen molar-refractivity contribution >= 4 is 12.0 Å². The van der Waals surface area contributed by atoms with Gasteiger partial charge in [0.1, 0.15) is 5.60 Å². The average Bonchev–Trinajstić information content (AvgIpc) is 2.37. The smallest absolute Gasteiger partial charge is 0.410 e. The minimum atomic E-state index is -0.497. The predicted molar refractivity (Wildman–Crippen MR) is 76.1 cm³/mol. The Kier molecular flexibility index (Phi) is 5.83. The van der Waals surface area contributed by atoms with Crippen molar-refractivity contribution in [3.05, 3.63) is 0 Å². The number of hydrogen-bond acceptors (Lipinski definition) is 4. The van der Waals surface area contributed by atoms with Crippen LogP contribution in [0.2, 0.25) is 0 Å². The maximum absolute atomic E-state index is 11.9. The molecule has 1 saturated heterocycles. The molecule has 1 heterocycles. The van der Waals surface area contributed by atoms with Crippen molar-refractivity contribution in [3.8, 4) is 12.3 Å². The number of carbonyl (C=O) groups is 2. The van der Waals surface area contributed by atoms with E-state index in [4.69, 9.17) is 11.2 Å². The number of hydrogen-bond donors (Lipinski definition) is 1. The minimum absolute atomic E-state index is 0.00379. The van der Waals surface area contributed by atoms with Gasteiger partial charge in [-0.15, -0.1) is 6.42 Å². The van der Waals surface area contributed by atoms with Crippen molar-refractivity contribution in [2.24, 2.45) is 0 Å². The first kappa shape index (κ1) is 16.3. The van der Waals surface area contributed by atoms with Crippen LogP contribution in [0.25, 0.3) is 0 Å². The van der Waals surface area contributed by atoms with E-state index in [1.807, 2.05) is 20.8 Å². The normalized spacial score (nSPS) is 15.7. The average molecular weight is 281 g/mol. The molecule has 1 fully saturated rings. The summed E-state index contributed by atoms with van der Waals surface area (Å²) in [7, 11) is 0. The van der Waals surface area contributed by atoms with Crippen LogP contribution in [-0.4, -0.2) is 66.7 Å². The van der Waals surface area contributed by atoms with E-state index in [0.717, 1.165) is 0 Å². The molecular weight excluding hydrogens is 258 g/mol. The number of carbonyl (C=O) groups excluding carboxylic acids is 2. The molecular formula is C14H23N3O3. The molecule has 1 aliphatic rings. The molecule has 6 nitrogen and oxygen atoms in total. The highest BCUT2D eigenvalue weighted by atomic mass is 16.6. The molecule has 0 aromatic heterocycles. The molecule has 0 unspecified atom stereocenters. The van der Waals surface area contributed by atoms with E-state index in [1.54, 1.807) is 9.80 Å². The fourth-order valence-corrected chi connectivity index (χ4v) is 1.82. The minimum Gasteiger partial charge on any atom is -0.444 e. The molecule has 0 spiro atoms. The van der Waals surface area contributed by atoms with E-state index >= 15 is 0 Å². The Labute approximate surface area is 120 Å². The Balaban J connectivity index is 2.34. The molecule has 0 atom stereocenters. The lowest BCUT2D eigenvalue weighted by molar-refractivity contribution is -0.131. The highest BCUT2D eigenvalue weighted by Gasteiger charge is 2.27. The molecule has 0 bridgehead atoms. The van der Waals surface area contributed by atoms with Gasteiger partial charge in [-0.2, -0.15) is 0 Å². The summed E-state index contributed by atoms with van der Waals surface area (Å²) in [6.07, 6.45) is 4.78. The molecule has 1 aliphatic heterocycles. The van der Waals surface area contributed by atoms with Crippen LogP contribution < -0.4 is 5.32 Å². The zero-order valence-corrected chi connectivity index (χ0v) is 12.4. The fourth-order valence-electron chi connectivity index (χ4n) is 1.82. The number of ether oxygens (including phenoxy) is 1. The highest BCUT2D eigenvalue weighted by molar-refractivity contribution is 5.78. The molecule has 0 aliphatic carbocycles. The number of nitrogens with zero attached hydrogens (tertiary/aromatic N) is 2. The van der Waals surface area contributed by atoms with Gasteiger partial charge in [-0.1, -0.05) is 5.92 Å². The molecule has 6 heteroatoms. The monoisotopic (exact) mass is 281 g/mol. The van der Waals surface area contributed by atoms with Crippen molar-refractivity contribution in [2.75, 3.05) is 39.3 Å². The maximum Gasteiger partial charge on any atom is 0.410 e. The molecule has 2 amide bonds. The van der Waals surface area contributed by atoms with Crippen LogP contribution >= 0.6 is 0 Å². The van der Waals surface area contributed by atoms with Crippen LogP contribution in [0.4, 0.5) is 4.79 Å². The van der Waals surface area contributed by atoms with Gasteiger partial charge in [0.2, 0.25) is 5.91 Å². The summed E-state index contributed by atoms with van der Waals surface area (Å²) >= 11 is 0. The number of terminal acetylenes is 1. The lowest BCUT2D eigenvalue weighted by Gasteiger charge is -2.35. The van der Waals surface area contributed by atoms with Gasteiger partial charge in [-0.05, 0) is 20.8 Å². The van der Waals surface area contributed by atoms with Crippen molar-refractivity contribution in [1.29, 1.82) is 0 Å². The van der Waals surface area contributed by atoms with Crippen LogP contribution in [-0.2, 0) is 9.53 Å². The third-order valence-corrected chi connectivity index (χ3v) is 2.79. The quantitative estimate of drug-likeness (QED) is 0.596. The molecule has 112 valence electrons. The van der Waals surface area contributed by atoms with Gasteiger partial charge >= 0.3 is 6.09 Å². The summed E-state index contributed by atoms with van der Waals surface area (Å²) in [6.45, 7) is 8.16. The standard InChI is InChI=1S/C14H23N3O3/c1-5-6-15-11-12(18)16-7-9-17(10-8-16)13(19)20-14(2,3)4/h1,15H,6-11H2,2-4H3. The first-order valence-corrected chi connectivity index (χ1v) is 6.73. The fraction of sp³-hybridized carbons (Fsp3) is 0.714. The van der Waals surface area contributed by atoms with Gasteiger partial charge in [-0.25, -0.2) is 4.79 Å². The van der Waals surface area contributed by atoms with Gasteiger partial charge in [0.15, 0.2) is 0 Å². The summed E-state index contributed by atoms with van der Waals surface area (Å²) < 4.78 is 5.30.